The molecule has 1 aromatic heterocycles. The van der Waals surface area contributed by atoms with Crippen LogP contribution in [-0.2, 0) is 20.9 Å². The minimum absolute atomic E-state index is 0.103. The summed E-state index contributed by atoms with van der Waals surface area (Å²) in [4.78, 5) is 36.7. The molecule has 0 aliphatic carbocycles. The fraction of sp³-hybridized carbons (Fsp3) is 0.182. The molecule has 0 radical (unpaired) electrons. The van der Waals surface area contributed by atoms with E-state index >= 15 is 0 Å². The van der Waals surface area contributed by atoms with Crippen LogP contribution in [0.15, 0.2) is 60.7 Å². The molecule has 0 aliphatic rings. The Labute approximate surface area is 168 Å². The average molecular weight is 391 g/mol. The summed E-state index contributed by atoms with van der Waals surface area (Å²) in [5, 5.41) is 6.69. The van der Waals surface area contributed by atoms with E-state index in [1.54, 1.807) is 18.5 Å². The largest absolute Gasteiger partial charge is 0.460 e. The molecule has 1 N–H and O–H groups in total. The fourth-order valence-corrected chi connectivity index (χ4v) is 2.93. The van der Waals surface area contributed by atoms with Crippen molar-refractivity contribution in [1.29, 1.82) is 0 Å². The maximum Gasteiger partial charge on any atom is 0.325 e. The zero-order chi connectivity index (χ0) is 20.8. The number of ether oxygens (including phenoxy) is 1. The number of nitrogens with zero attached hydrogens (tertiary/aromatic N) is 2. The van der Waals surface area contributed by atoms with Crippen LogP contribution in [0.2, 0.25) is 0 Å². The van der Waals surface area contributed by atoms with Crippen molar-refractivity contribution in [2.75, 3.05) is 6.54 Å². The van der Waals surface area contributed by atoms with Crippen molar-refractivity contribution in [2.45, 2.75) is 20.5 Å². The molecule has 0 saturated heterocycles. The Balaban J connectivity index is 1.61. The summed E-state index contributed by atoms with van der Waals surface area (Å²) >= 11 is 0. The van der Waals surface area contributed by atoms with E-state index in [0.717, 1.165) is 11.3 Å². The van der Waals surface area contributed by atoms with Crippen molar-refractivity contribution < 1.29 is 19.1 Å². The van der Waals surface area contributed by atoms with Crippen molar-refractivity contribution in [1.82, 2.24) is 15.1 Å². The van der Waals surface area contributed by atoms with Gasteiger partial charge in [-0.05, 0) is 31.5 Å². The summed E-state index contributed by atoms with van der Waals surface area (Å²) < 4.78 is 6.71. The molecule has 0 fully saturated rings. The number of para-hydroxylation sites is 1. The average Bonchev–Trinajstić information content (AvgIpc) is 3.05. The molecule has 0 atom stereocenters. The second kappa shape index (κ2) is 8.97. The molecule has 29 heavy (non-hydrogen) atoms. The van der Waals surface area contributed by atoms with E-state index in [1.807, 2.05) is 60.7 Å². The van der Waals surface area contributed by atoms with Gasteiger partial charge in [0.15, 0.2) is 0 Å². The maximum absolute atomic E-state index is 12.6. The van der Waals surface area contributed by atoms with E-state index < -0.39 is 17.7 Å². The number of hydrogen-bond acceptors (Lipinski definition) is 5. The lowest BCUT2D eigenvalue weighted by molar-refractivity contribution is -0.144. The van der Waals surface area contributed by atoms with Gasteiger partial charge in [-0.25, -0.2) is 4.68 Å². The normalized spacial score (nSPS) is 10.4. The number of benzene rings is 2. The van der Waals surface area contributed by atoms with E-state index in [1.165, 1.54) is 0 Å². The van der Waals surface area contributed by atoms with Gasteiger partial charge in [0.25, 0.3) is 11.7 Å². The number of amides is 1. The second-order valence-electron chi connectivity index (χ2n) is 6.45. The summed E-state index contributed by atoms with van der Waals surface area (Å²) in [5.41, 5.74) is 2.85. The molecule has 0 spiro atoms. The quantitative estimate of drug-likeness (QED) is 0.380. The second-order valence-corrected chi connectivity index (χ2v) is 6.45. The monoisotopic (exact) mass is 391 g/mol. The smallest absolute Gasteiger partial charge is 0.325 e. The topological polar surface area (TPSA) is 90.3 Å². The van der Waals surface area contributed by atoms with Gasteiger partial charge in [-0.1, -0.05) is 48.5 Å². The van der Waals surface area contributed by atoms with Gasteiger partial charge in [-0.15, -0.1) is 0 Å². The lowest BCUT2D eigenvalue weighted by Crippen LogP contribution is -2.36. The van der Waals surface area contributed by atoms with E-state index in [0.29, 0.717) is 11.4 Å². The number of esters is 1. The molecular formula is C22H21N3O4. The predicted octanol–water partition coefficient (Wildman–Crippen LogP) is 2.53. The first-order chi connectivity index (χ1) is 14.0. The summed E-state index contributed by atoms with van der Waals surface area (Å²) in [6.07, 6.45) is 0. The highest BCUT2D eigenvalue weighted by molar-refractivity contribution is 6.43. The number of Topliss-reactive ketones (excluding diaryl/α,β-unsaturated/α-hetero) is 1. The van der Waals surface area contributed by atoms with Gasteiger partial charge in [0.2, 0.25) is 0 Å². The Kier molecular flexibility index (Phi) is 6.19. The van der Waals surface area contributed by atoms with E-state index in [9.17, 15) is 14.4 Å². The molecule has 1 heterocycles. The molecule has 0 bridgehead atoms. The highest BCUT2D eigenvalue weighted by atomic mass is 16.5. The number of carbonyl (C=O) groups is 3. The molecule has 0 saturated carbocycles. The Bertz CT molecular complexity index is 1030. The molecule has 3 rings (SSSR count). The number of aromatic nitrogens is 2. The minimum atomic E-state index is -0.875. The number of carbonyl (C=O) groups excluding carboxylic acids is 3. The molecule has 3 aromatic rings. The Morgan fingerprint density at radius 1 is 0.966 bits per heavy atom. The first-order valence-electron chi connectivity index (χ1n) is 9.11. The van der Waals surface area contributed by atoms with Crippen LogP contribution in [0.25, 0.3) is 5.69 Å². The van der Waals surface area contributed by atoms with Gasteiger partial charge >= 0.3 is 5.97 Å². The van der Waals surface area contributed by atoms with Crippen LogP contribution in [0.4, 0.5) is 0 Å². The number of ketones is 1. The summed E-state index contributed by atoms with van der Waals surface area (Å²) in [7, 11) is 0. The fourth-order valence-electron chi connectivity index (χ4n) is 2.93. The van der Waals surface area contributed by atoms with Gasteiger partial charge in [0, 0.05) is 0 Å². The van der Waals surface area contributed by atoms with Crippen LogP contribution >= 0.6 is 0 Å². The number of hydrogen-bond donors (Lipinski definition) is 1. The van der Waals surface area contributed by atoms with Crippen LogP contribution < -0.4 is 5.32 Å². The van der Waals surface area contributed by atoms with E-state index in [4.69, 9.17) is 4.74 Å². The molecule has 1 amide bonds. The lowest BCUT2D eigenvalue weighted by atomic mass is 10.1. The first-order valence-corrected chi connectivity index (χ1v) is 9.11. The molecule has 0 unspecified atom stereocenters. The molecule has 148 valence electrons. The molecular weight excluding hydrogens is 370 g/mol. The summed E-state index contributed by atoms with van der Waals surface area (Å²) in [5.74, 6) is -2.23. The van der Waals surface area contributed by atoms with Gasteiger partial charge in [-0.2, -0.15) is 5.10 Å². The third-order valence-electron chi connectivity index (χ3n) is 4.36. The molecule has 7 nitrogen and oxygen atoms in total. The van der Waals surface area contributed by atoms with Crippen LogP contribution in [0.3, 0.4) is 0 Å². The molecule has 0 aliphatic heterocycles. The number of aryl methyl sites for hydroxylation is 1. The Hall–Kier alpha value is -3.74. The van der Waals surface area contributed by atoms with Crippen molar-refractivity contribution in [3.63, 3.8) is 0 Å². The van der Waals surface area contributed by atoms with Crippen LogP contribution in [0.1, 0.15) is 27.3 Å². The van der Waals surface area contributed by atoms with E-state index in [2.05, 4.69) is 10.4 Å². The van der Waals surface area contributed by atoms with Crippen molar-refractivity contribution >= 4 is 17.7 Å². The predicted molar refractivity (Wildman–Crippen MR) is 107 cm³/mol. The highest BCUT2D eigenvalue weighted by Crippen LogP contribution is 2.18. The van der Waals surface area contributed by atoms with Crippen molar-refractivity contribution in [2.24, 2.45) is 0 Å². The molecule has 7 heteroatoms. The van der Waals surface area contributed by atoms with Gasteiger partial charge < -0.3 is 10.1 Å². The van der Waals surface area contributed by atoms with Crippen LogP contribution in [0.5, 0.6) is 0 Å². The standard InChI is InChI=1S/C22H21N3O4/c1-15-20(16(2)25(24-15)18-11-7-4-8-12-18)21(27)22(28)23-13-19(26)29-14-17-9-5-3-6-10-17/h3-12H,13-14H2,1-2H3,(H,23,28). The molecule has 2 aromatic carbocycles. The van der Waals surface area contributed by atoms with Crippen LogP contribution in [0, 0.1) is 13.8 Å². The van der Waals surface area contributed by atoms with Gasteiger partial charge in [0.1, 0.15) is 13.2 Å². The highest BCUT2D eigenvalue weighted by Gasteiger charge is 2.25. The summed E-state index contributed by atoms with van der Waals surface area (Å²) in [6.45, 7) is 3.11. The van der Waals surface area contributed by atoms with Crippen LogP contribution in [-0.4, -0.2) is 34.0 Å². The summed E-state index contributed by atoms with van der Waals surface area (Å²) in [6, 6.07) is 18.5. The van der Waals surface area contributed by atoms with Crippen molar-refractivity contribution in [3.8, 4) is 5.69 Å². The van der Waals surface area contributed by atoms with Gasteiger partial charge in [0.05, 0.1) is 22.6 Å². The van der Waals surface area contributed by atoms with Gasteiger partial charge in [-0.3, -0.25) is 14.4 Å². The third-order valence-corrected chi connectivity index (χ3v) is 4.36. The van der Waals surface area contributed by atoms with Crippen molar-refractivity contribution in [3.05, 3.63) is 83.2 Å². The Morgan fingerprint density at radius 2 is 1.59 bits per heavy atom. The lowest BCUT2D eigenvalue weighted by Gasteiger charge is -2.07. The SMILES string of the molecule is Cc1nn(-c2ccccc2)c(C)c1C(=O)C(=O)NCC(=O)OCc1ccccc1. The first kappa shape index (κ1) is 20.0. The zero-order valence-corrected chi connectivity index (χ0v) is 16.2. The van der Waals surface area contributed by atoms with E-state index in [-0.39, 0.29) is 18.7 Å². The Morgan fingerprint density at radius 3 is 2.24 bits per heavy atom. The number of rotatable bonds is 7. The maximum atomic E-state index is 12.6. The zero-order valence-electron chi connectivity index (χ0n) is 16.2. The minimum Gasteiger partial charge on any atom is -0.460 e. The number of nitrogens with one attached hydrogen (secondary N) is 1. The third kappa shape index (κ3) is 4.76.